The van der Waals surface area contributed by atoms with Crippen molar-refractivity contribution >= 4 is 0 Å². The van der Waals surface area contributed by atoms with E-state index in [2.05, 4.69) is 5.32 Å². The van der Waals surface area contributed by atoms with E-state index in [1.165, 1.54) is 0 Å². The molecule has 54 valence electrons. The highest BCUT2D eigenvalue weighted by molar-refractivity contribution is 4.74. The van der Waals surface area contributed by atoms with Crippen LogP contribution in [0, 0.1) is 0 Å². The molecule has 0 aromatic heterocycles. The molecule has 0 aromatic rings. The molecule has 3 nitrogen and oxygen atoms in total. The summed E-state index contributed by atoms with van der Waals surface area (Å²) in [5, 5.41) is 12.5. The van der Waals surface area contributed by atoms with E-state index in [4.69, 9.17) is 0 Å². The third-order valence-corrected chi connectivity index (χ3v) is 1.64. The molecule has 0 spiro atoms. The molecule has 0 bridgehead atoms. The van der Waals surface area contributed by atoms with Gasteiger partial charge in [0.2, 0.25) is 0 Å². The standard InChI is InChI=1S/C6H14N2O/c1-6(2,9)8-4-3-7-5-8/h7,9H,3-5H2,1-2H3. The zero-order chi connectivity index (χ0) is 6.91. The molecule has 0 atom stereocenters. The lowest BCUT2D eigenvalue weighted by Crippen LogP contribution is -2.42. The van der Waals surface area contributed by atoms with Crippen molar-refractivity contribution in [3.05, 3.63) is 0 Å². The van der Waals surface area contributed by atoms with E-state index in [-0.39, 0.29) is 0 Å². The summed E-state index contributed by atoms with van der Waals surface area (Å²) in [6.45, 7) is 6.36. The molecule has 1 aliphatic heterocycles. The Bertz CT molecular complexity index is 91.7. The van der Waals surface area contributed by atoms with Crippen molar-refractivity contribution in [3.8, 4) is 0 Å². The van der Waals surface area contributed by atoms with Crippen LogP contribution in [0.3, 0.4) is 0 Å². The molecule has 0 aliphatic carbocycles. The first-order valence-electron chi connectivity index (χ1n) is 3.29. The Labute approximate surface area is 55.7 Å². The van der Waals surface area contributed by atoms with E-state index in [9.17, 15) is 5.11 Å². The maximum absolute atomic E-state index is 9.40. The summed E-state index contributed by atoms with van der Waals surface area (Å²) in [7, 11) is 0. The van der Waals surface area contributed by atoms with Gasteiger partial charge in [0.1, 0.15) is 5.72 Å². The number of hydrogen-bond donors (Lipinski definition) is 2. The molecular weight excluding hydrogens is 116 g/mol. The predicted molar refractivity (Wildman–Crippen MR) is 35.9 cm³/mol. The van der Waals surface area contributed by atoms with Crippen molar-refractivity contribution in [1.82, 2.24) is 10.2 Å². The quantitative estimate of drug-likeness (QED) is 0.506. The fraction of sp³-hybridized carbons (Fsp3) is 1.00. The minimum Gasteiger partial charge on any atom is -0.376 e. The molecule has 1 fully saturated rings. The first-order valence-corrected chi connectivity index (χ1v) is 3.29. The predicted octanol–water partition coefficient (Wildman–Crippen LogP) is -0.423. The highest BCUT2D eigenvalue weighted by Gasteiger charge is 2.25. The van der Waals surface area contributed by atoms with Gasteiger partial charge in [0.25, 0.3) is 0 Å². The summed E-state index contributed by atoms with van der Waals surface area (Å²) in [6.07, 6.45) is 0. The van der Waals surface area contributed by atoms with E-state index < -0.39 is 5.72 Å². The van der Waals surface area contributed by atoms with E-state index in [0.29, 0.717) is 0 Å². The molecule has 0 saturated carbocycles. The van der Waals surface area contributed by atoms with Crippen molar-refractivity contribution in [1.29, 1.82) is 0 Å². The molecule has 3 heteroatoms. The summed E-state index contributed by atoms with van der Waals surface area (Å²) in [6, 6.07) is 0. The summed E-state index contributed by atoms with van der Waals surface area (Å²) in [5.41, 5.74) is -0.649. The zero-order valence-corrected chi connectivity index (χ0v) is 6.02. The van der Waals surface area contributed by atoms with Gasteiger partial charge in [0, 0.05) is 13.1 Å². The maximum atomic E-state index is 9.40. The lowest BCUT2D eigenvalue weighted by Gasteiger charge is -2.28. The largest absolute Gasteiger partial charge is 0.376 e. The second-order valence-electron chi connectivity index (χ2n) is 2.92. The highest BCUT2D eigenvalue weighted by atomic mass is 16.3. The molecule has 1 heterocycles. The monoisotopic (exact) mass is 130 g/mol. The van der Waals surface area contributed by atoms with Crippen LogP contribution < -0.4 is 5.32 Å². The van der Waals surface area contributed by atoms with Crippen LogP contribution in [0.1, 0.15) is 13.8 Å². The third kappa shape index (κ3) is 1.64. The van der Waals surface area contributed by atoms with Crippen LogP contribution >= 0.6 is 0 Å². The first-order chi connectivity index (χ1) is 4.11. The average molecular weight is 130 g/mol. The van der Waals surface area contributed by atoms with Gasteiger partial charge in [-0.2, -0.15) is 0 Å². The second kappa shape index (κ2) is 2.25. The Kier molecular flexibility index (Phi) is 1.75. The molecule has 1 saturated heterocycles. The second-order valence-corrected chi connectivity index (χ2v) is 2.92. The van der Waals surface area contributed by atoms with Gasteiger partial charge in [0.15, 0.2) is 0 Å². The van der Waals surface area contributed by atoms with Crippen LogP contribution in [0.4, 0.5) is 0 Å². The minimum atomic E-state index is -0.649. The third-order valence-electron chi connectivity index (χ3n) is 1.64. The molecule has 0 aromatic carbocycles. The van der Waals surface area contributed by atoms with Gasteiger partial charge in [-0.25, -0.2) is 0 Å². The van der Waals surface area contributed by atoms with Crippen molar-refractivity contribution in [3.63, 3.8) is 0 Å². The van der Waals surface area contributed by atoms with Gasteiger partial charge in [-0.05, 0) is 13.8 Å². The number of hydrogen-bond acceptors (Lipinski definition) is 3. The lowest BCUT2D eigenvalue weighted by atomic mass is 10.3. The molecule has 0 amide bonds. The van der Waals surface area contributed by atoms with E-state index in [1.54, 1.807) is 13.8 Å². The van der Waals surface area contributed by atoms with Crippen LogP contribution in [0.2, 0.25) is 0 Å². The Morgan fingerprint density at radius 3 is 2.44 bits per heavy atom. The van der Waals surface area contributed by atoms with Gasteiger partial charge >= 0.3 is 0 Å². The van der Waals surface area contributed by atoms with Crippen LogP contribution in [0.15, 0.2) is 0 Å². The minimum absolute atomic E-state index is 0.649. The van der Waals surface area contributed by atoms with Gasteiger partial charge in [0.05, 0.1) is 6.67 Å². The fourth-order valence-electron chi connectivity index (χ4n) is 0.974. The number of rotatable bonds is 1. The summed E-state index contributed by atoms with van der Waals surface area (Å²) in [5.74, 6) is 0. The van der Waals surface area contributed by atoms with Crippen molar-refractivity contribution in [2.45, 2.75) is 19.6 Å². The zero-order valence-electron chi connectivity index (χ0n) is 6.02. The number of nitrogens with one attached hydrogen (secondary N) is 1. The van der Waals surface area contributed by atoms with Crippen LogP contribution in [-0.4, -0.2) is 35.5 Å². The van der Waals surface area contributed by atoms with Crippen LogP contribution in [0.25, 0.3) is 0 Å². The van der Waals surface area contributed by atoms with Crippen molar-refractivity contribution < 1.29 is 5.11 Å². The number of nitrogens with zero attached hydrogens (tertiary/aromatic N) is 1. The Morgan fingerprint density at radius 1 is 1.56 bits per heavy atom. The topological polar surface area (TPSA) is 35.5 Å². The van der Waals surface area contributed by atoms with Gasteiger partial charge in [-0.1, -0.05) is 0 Å². The highest BCUT2D eigenvalue weighted by Crippen LogP contribution is 2.09. The van der Waals surface area contributed by atoms with Crippen LogP contribution in [0.5, 0.6) is 0 Å². The smallest absolute Gasteiger partial charge is 0.113 e. The SMILES string of the molecule is CC(C)(O)N1CCNC1. The van der Waals surface area contributed by atoms with Crippen molar-refractivity contribution in [2.75, 3.05) is 19.8 Å². The number of aliphatic hydroxyl groups is 1. The Hall–Kier alpha value is -0.120. The van der Waals surface area contributed by atoms with E-state index in [1.807, 2.05) is 4.90 Å². The van der Waals surface area contributed by atoms with Crippen LogP contribution in [-0.2, 0) is 0 Å². The molecule has 0 unspecified atom stereocenters. The summed E-state index contributed by atoms with van der Waals surface area (Å²) in [4.78, 5) is 1.99. The Balaban J connectivity index is 2.42. The average Bonchev–Trinajstić information content (AvgIpc) is 2.08. The fourth-order valence-corrected chi connectivity index (χ4v) is 0.974. The first kappa shape index (κ1) is 6.99. The molecule has 2 N–H and O–H groups in total. The normalized spacial score (nSPS) is 23.0. The Morgan fingerprint density at radius 2 is 2.22 bits per heavy atom. The van der Waals surface area contributed by atoms with Crippen molar-refractivity contribution in [2.24, 2.45) is 0 Å². The lowest BCUT2D eigenvalue weighted by molar-refractivity contribution is -0.0654. The van der Waals surface area contributed by atoms with Gasteiger partial charge in [-0.3, -0.25) is 4.90 Å². The maximum Gasteiger partial charge on any atom is 0.113 e. The molecule has 0 radical (unpaired) electrons. The van der Waals surface area contributed by atoms with Gasteiger partial charge < -0.3 is 10.4 Å². The molecule has 9 heavy (non-hydrogen) atoms. The molecular formula is C6H14N2O. The van der Waals surface area contributed by atoms with E-state index >= 15 is 0 Å². The summed E-state index contributed by atoms with van der Waals surface area (Å²) >= 11 is 0. The molecule has 1 rings (SSSR count). The molecule has 1 aliphatic rings. The van der Waals surface area contributed by atoms with E-state index in [0.717, 1.165) is 19.8 Å². The van der Waals surface area contributed by atoms with Gasteiger partial charge in [-0.15, -0.1) is 0 Å². The summed E-state index contributed by atoms with van der Waals surface area (Å²) < 4.78 is 0.